The van der Waals surface area contributed by atoms with E-state index in [1.54, 1.807) is 0 Å². The van der Waals surface area contributed by atoms with Crippen molar-refractivity contribution in [2.45, 2.75) is 18.8 Å². The molecule has 5 heteroatoms. The van der Waals surface area contributed by atoms with Crippen LogP contribution in [0.4, 0.5) is 10.1 Å². The molecule has 0 saturated heterocycles. The number of nitrogens with two attached hydrogens (primary N) is 1. The van der Waals surface area contributed by atoms with Gasteiger partial charge in [0.15, 0.2) is 5.82 Å². The van der Waals surface area contributed by atoms with Gasteiger partial charge in [-0.3, -0.25) is 0 Å². The molecule has 3 nitrogen and oxygen atoms in total. The molecule has 1 aromatic carbocycles. The van der Waals surface area contributed by atoms with Crippen LogP contribution in [0.3, 0.4) is 0 Å². The zero-order valence-electron chi connectivity index (χ0n) is 7.76. The number of carbonyl (C=O) groups is 1. The maximum atomic E-state index is 13.4. The summed E-state index contributed by atoms with van der Waals surface area (Å²) in [5.74, 6) is -1.77. The number of carboxylic acid groups (broad SMARTS) is 1. The van der Waals surface area contributed by atoms with E-state index in [4.69, 9.17) is 22.4 Å². The fourth-order valence-electron chi connectivity index (χ4n) is 1.65. The fraction of sp³-hybridized carbons (Fsp3) is 0.300. The molecule has 0 bridgehead atoms. The van der Waals surface area contributed by atoms with Crippen LogP contribution in [0.2, 0.25) is 5.02 Å². The molecule has 0 radical (unpaired) electrons. The highest BCUT2D eigenvalue weighted by Gasteiger charge is 2.32. The summed E-state index contributed by atoms with van der Waals surface area (Å²) in [5, 5.41) is 8.70. The first kappa shape index (κ1) is 10.2. The van der Waals surface area contributed by atoms with Gasteiger partial charge in [-0.05, 0) is 30.4 Å². The van der Waals surface area contributed by atoms with Crippen molar-refractivity contribution in [2.75, 3.05) is 5.73 Å². The zero-order valence-corrected chi connectivity index (χ0v) is 8.51. The van der Waals surface area contributed by atoms with E-state index in [1.807, 2.05) is 0 Å². The zero-order chi connectivity index (χ0) is 11.2. The van der Waals surface area contributed by atoms with Crippen molar-refractivity contribution in [3.63, 3.8) is 0 Å². The van der Waals surface area contributed by atoms with Crippen molar-refractivity contribution >= 4 is 23.3 Å². The van der Waals surface area contributed by atoms with Gasteiger partial charge in [-0.1, -0.05) is 11.6 Å². The molecule has 80 valence electrons. The van der Waals surface area contributed by atoms with Gasteiger partial charge >= 0.3 is 5.97 Å². The Labute approximate surface area is 90.6 Å². The number of nitrogen functional groups attached to an aromatic ring is 1. The van der Waals surface area contributed by atoms with E-state index in [2.05, 4.69) is 0 Å². The molecular formula is C10H9ClFNO2. The molecule has 1 aromatic rings. The SMILES string of the molecule is Nc1c(F)c(Cl)cc(C(=O)O)c1C1CC1. The maximum absolute atomic E-state index is 13.4. The number of anilines is 1. The van der Waals surface area contributed by atoms with Gasteiger partial charge in [0.05, 0.1) is 16.3 Å². The predicted octanol–water partition coefficient (Wildman–Crippen LogP) is 2.64. The predicted molar refractivity (Wildman–Crippen MR) is 54.8 cm³/mol. The van der Waals surface area contributed by atoms with Crippen LogP contribution in [0.25, 0.3) is 0 Å². The number of aromatic carboxylic acids is 1. The molecule has 15 heavy (non-hydrogen) atoms. The second kappa shape index (κ2) is 3.38. The number of halogens is 2. The van der Waals surface area contributed by atoms with Gasteiger partial charge in [-0.25, -0.2) is 9.18 Å². The van der Waals surface area contributed by atoms with Gasteiger partial charge in [0.1, 0.15) is 0 Å². The van der Waals surface area contributed by atoms with E-state index in [9.17, 15) is 9.18 Å². The van der Waals surface area contributed by atoms with Crippen LogP contribution in [0, 0.1) is 5.82 Å². The van der Waals surface area contributed by atoms with E-state index < -0.39 is 11.8 Å². The van der Waals surface area contributed by atoms with E-state index in [1.165, 1.54) is 0 Å². The van der Waals surface area contributed by atoms with Crippen LogP contribution in [0.5, 0.6) is 0 Å². The van der Waals surface area contributed by atoms with Crippen molar-refractivity contribution in [1.82, 2.24) is 0 Å². The Morgan fingerprint density at radius 3 is 2.67 bits per heavy atom. The Bertz CT molecular complexity index is 444. The molecule has 0 unspecified atom stereocenters. The average molecular weight is 230 g/mol. The topological polar surface area (TPSA) is 63.3 Å². The second-order valence-electron chi connectivity index (χ2n) is 3.63. The highest BCUT2D eigenvalue weighted by atomic mass is 35.5. The number of carboxylic acids is 1. The van der Waals surface area contributed by atoms with Gasteiger partial charge in [0.2, 0.25) is 0 Å². The standard InChI is InChI=1S/C10H9ClFNO2/c11-6-3-5(10(14)15)7(4-1-2-4)9(13)8(6)12/h3-4H,1-2,13H2,(H,14,15). The minimum atomic E-state index is -1.12. The number of hydrogen-bond acceptors (Lipinski definition) is 2. The quantitative estimate of drug-likeness (QED) is 0.767. The first-order chi connectivity index (χ1) is 7.02. The van der Waals surface area contributed by atoms with E-state index in [-0.39, 0.29) is 22.2 Å². The maximum Gasteiger partial charge on any atom is 0.336 e. The van der Waals surface area contributed by atoms with Crippen LogP contribution in [0.15, 0.2) is 6.07 Å². The lowest BCUT2D eigenvalue weighted by molar-refractivity contribution is 0.0695. The van der Waals surface area contributed by atoms with Crippen molar-refractivity contribution in [3.05, 3.63) is 28.0 Å². The third-order valence-corrected chi connectivity index (χ3v) is 2.79. The monoisotopic (exact) mass is 229 g/mol. The Morgan fingerprint density at radius 2 is 2.20 bits per heavy atom. The summed E-state index contributed by atoms with van der Waals surface area (Å²) in [4.78, 5) is 10.9. The molecule has 0 aromatic heterocycles. The summed E-state index contributed by atoms with van der Waals surface area (Å²) in [6.45, 7) is 0. The first-order valence-electron chi connectivity index (χ1n) is 4.53. The number of rotatable bonds is 2. The Kier molecular flexibility index (Phi) is 2.31. The third-order valence-electron chi connectivity index (χ3n) is 2.51. The number of benzene rings is 1. The van der Waals surface area contributed by atoms with Gasteiger partial charge < -0.3 is 10.8 Å². The Hall–Kier alpha value is -1.29. The van der Waals surface area contributed by atoms with Gasteiger partial charge in [-0.15, -0.1) is 0 Å². The van der Waals surface area contributed by atoms with Crippen LogP contribution < -0.4 is 5.73 Å². The lowest BCUT2D eigenvalue weighted by Gasteiger charge is -2.10. The molecule has 0 spiro atoms. The van der Waals surface area contributed by atoms with Crippen LogP contribution in [0.1, 0.15) is 34.7 Å². The highest BCUT2D eigenvalue weighted by Crippen LogP contribution is 2.46. The lowest BCUT2D eigenvalue weighted by atomic mass is 10.0. The Morgan fingerprint density at radius 1 is 1.60 bits per heavy atom. The van der Waals surface area contributed by atoms with Crippen LogP contribution in [-0.4, -0.2) is 11.1 Å². The normalized spacial score (nSPS) is 15.3. The number of hydrogen-bond donors (Lipinski definition) is 2. The largest absolute Gasteiger partial charge is 0.478 e. The van der Waals surface area contributed by atoms with E-state index >= 15 is 0 Å². The smallest absolute Gasteiger partial charge is 0.336 e. The minimum Gasteiger partial charge on any atom is -0.478 e. The molecule has 0 atom stereocenters. The first-order valence-corrected chi connectivity index (χ1v) is 4.90. The molecule has 1 aliphatic carbocycles. The second-order valence-corrected chi connectivity index (χ2v) is 4.03. The molecule has 1 aliphatic rings. The van der Waals surface area contributed by atoms with Crippen molar-refractivity contribution in [3.8, 4) is 0 Å². The van der Waals surface area contributed by atoms with Crippen LogP contribution >= 0.6 is 11.6 Å². The molecule has 2 rings (SSSR count). The van der Waals surface area contributed by atoms with Gasteiger partial charge in [0, 0.05) is 0 Å². The minimum absolute atomic E-state index is 0.0152. The molecule has 0 heterocycles. The molecular weight excluding hydrogens is 221 g/mol. The molecule has 0 aliphatic heterocycles. The van der Waals surface area contributed by atoms with Crippen LogP contribution in [-0.2, 0) is 0 Å². The summed E-state index contributed by atoms with van der Waals surface area (Å²) in [5.41, 5.74) is 5.83. The highest BCUT2D eigenvalue weighted by molar-refractivity contribution is 6.31. The summed E-state index contributed by atoms with van der Waals surface area (Å²) < 4.78 is 13.4. The molecule has 3 N–H and O–H groups in total. The van der Waals surface area contributed by atoms with Gasteiger partial charge in [-0.2, -0.15) is 0 Å². The van der Waals surface area contributed by atoms with E-state index in [0.29, 0.717) is 5.56 Å². The Balaban J connectivity index is 2.67. The van der Waals surface area contributed by atoms with Crippen molar-refractivity contribution in [1.29, 1.82) is 0 Å². The van der Waals surface area contributed by atoms with E-state index in [0.717, 1.165) is 18.9 Å². The molecule has 1 saturated carbocycles. The fourth-order valence-corrected chi connectivity index (χ4v) is 1.86. The summed E-state index contributed by atoms with van der Waals surface area (Å²) in [6, 6.07) is 1.13. The van der Waals surface area contributed by atoms with Gasteiger partial charge in [0.25, 0.3) is 0 Å². The summed E-state index contributed by atoms with van der Waals surface area (Å²) in [7, 11) is 0. The van der Waals surface area contributed by atoms with Crippen molar-refractivity contribution < 1.29 is 14.3 Å². The molecule has 0 amide bonds. The van der Waals surface area contributed by atoms with Crippen molar-refractivity contribution in [2.24, 2.45) is 0 Å². The third kappa shape index (κ3) is 1.65. The lowest BCUT2D eigenvalue weighted by Crippen LogP contribution is -2.07. The summed E-state index contributed by atoms with van der Waals surface area (Å²) in [6.07, 6.45) is 1.71. The molecule has 1 fully saturated rings. The average Bonchev–Trinajstić information content (AvgIpc) is 2.97. The summed E-state index contributed by atoms with van der Waals surface area (Å²) >= 11 is 5.54.